The number of rotatable bonds is 5. The zero-order valence-corrected chi connectivity index (χ0v) is 18.2. The van der Waals surface area contributed by atoms with Gasteiger partial charge < -0.3 is 0 Å². The van der Waals surface area contributed by atoms with Crippen LogP contribution in [0.1, 0.15) is 33.5 Å². The van der Waals surface area contributed by atoms with Crippen molar-refractivity contribution in [3.05, 3.63) is 87.2 Å². The molecule has 0 radical (unpaired) electrons. The van der Waals surface area contributed by atoms with Crippen LogP contribution in [0, 0.1) is 20.4 Å². The monoisotopic (exact) mass is 492 g/mol. The zero-order chi connectivity index (χ0) is 24.3. The molecule has 0 saturated heterocycles. The number of hydrogen-bond donors (Lipinski definition) is 0. The van der Waals surface area contributed by atoms with Crippen molar-refractivity contribution in [2.45, 2.75) is 6.92 Å². The summed E-state index contributed by atoms with van der Waals surface area (Å²) in [5.74, 6) is -0.181. The van der Waals surface area contributed by atoms with E-state index < -0.39 is 15.2 Å². The SMILES string of the molecule is CC(=O)c1ccc(-n2nc(C(=O)c3ccc([N+](=O)[O-])cc3)[n+]3ccsc23)cc1.[O-][Cl+3]([O-])([O-])[O-]. The summed E-state index contributed by atoms with van der Waals surface area (Å²) in [6, 6.07) is 12.4. The third kappa shape index (κ3) is 5.81. The van der Waals surface area contributed by atoms with Gasteiger partial charge >= 0.3 is 10.8 Å². The molecule has 4 aromatic rings. The van der Waals surface area contributed by atoms with Crippen molar-refractivity contribution in [3.63, 3.8) is 0 Å². The van der Waals surface area contributed by atoms with Crippen LogP contribution in [0.5, 0.6) is 0 Å². The fourth-order valence-corrected chi connectivity index (χ4v) is 3.61. The van der Waals surface area contributed by atoms with Crippen molar-refractivity contribution >= 4 is 33.6 Å². The number of benzene rings is 2. The van der Waals surface area contributed by atoms with E-state index in [4.69, 9.17) is 18.6 Å². The number of nitrogens with zero attached hydrogens (tertiary/aromatic N) is 4. The van der Waals surface area contributed by atoms with Gasteiger partial charge in [-0.2, -0.15) is 4.40 Å². The largest absolute Gasteiger partial charge is 0.355 e. The molecule has 0 amide bonds. The van der Waals surface area contributed by atoms with Crippen molar-refractivity contribution in [3.8, 4) is 5.69 Å². The highest BCUT2D eigenvalue weighted by molar-refractivity contribution is 7.14. The second-order valence-corrected chi connectivity index (χ2v) is 8.03. The molecule has 0 N–H and O–H groups in total. The molecule has 0 atom stereocenters. The quantitative estimate of drug-likeness (QED) is 0.134. The van der Waals surface area contributed by atoms with Gasteiger partial charge in [-0.3, -0.25) is 19.7 Å². The minimum absolute atomic E-state index is 0.0308. The lowest BCUT2D eigenvalue weighted by atomic mass is 10.1. The summed E-state index contributed by atoms with van der Waals surface area (Å²) in [4.78, 5) is 35.4. The molecular weight excluding hydrogens is 480 g/mol. The number of fused-ring (bicyclic) bond motifs is 1. The summed E-state index contributed by atoms with van der Waals surface area (Å²) in [6.45, 7) is 1.50. The van der Waals surface area contributed by atoms with E-state index >= 15 is 0 Å². The van der Waals surface area contributed by atoms with E-state index in [-0.39, 0.29) is 23.1 Å². The molecule has 4 rings (SSSR count). The van der Waals surface area contributed by atoms with E-state index in [1.54, 1.807) is 39.5 Å². The number of halogens is 1. The number of Topliss-reactive ketones (excluding diaryl/α,β-unsaturated/α-hetero) is 1. The first kappa shape index (κ1) is 24.1. The van der Waals surface area contributed by atoms with Crippen LogP contribution >= 0.6 is 11.3 Å². The van der Waals surface area contributed by atoms with E-state index in [1.807, 2.05) is 5.38 Å². The normalized spacial score (nSPS) is 11.1. The minimum Gasteiger partial charge on any atom is -0.295 e. The summed E-state index contributed by atoms with van der Waals surface area (Å²) in [7, 11) is -4.94. The van der Waals surface area contributed by atoms with Crippen molar-refractivity contribution in [2.75, 3.05) is 0 Å². The van der Waals surface area contributed by atoms with Crippen LogP contribution in [0.2, 0.25) is 0 Å². The molecule has 2 aromatic heterocycles. The van der Waals surface area contributed by atoms with E-state index in [0.717, 1.165) is 4.96 Å². The number of aromatic nitrogens is 3. The lowest BCUT2D eigenvalue weighted by molar-refractivity contribution is -2.00. The third-order valence-corrected chi connectivity index (χ3v) is 5.09. The topological polar surface area (TPSA) is 191 Å². The number of nitro benzene ring substituents is 1. The lowest BCUT2D eigenvalue weighted by Gasteiger charge is -2.17. The zero-order valence-electron chi connectivity index (χ0n) is 16.6. The van der Waals surface area contributed by atoms with Crippen LogP contribution in [0.15, 0.2) is 60.1 Å². The predicted molar refractivity (Wildman–Crippen MR) is 101 cm³/mol. The standard InChI is InChI=1S/C19H13N4O4S.ClHO4/c1-12(24)13-2-6-15(7-3-13)22-19-21(10-11-28-19)18(20-22)17(25)14-4-8-16(9-5-14)23(26)27;2-1(3,4)5/h2-11H,1H3;(H,2,3,4,5)/q+1;/p-1. The number of nitro groups is 1. The van der Waals surface area contributed by atoms with Crippen LogP contribution in [0.4, 0.5) is 5.69 Å². The van der Waals surface area contributed by atoms with Crippen LogP contribution in [0.25, 0.3) is 10.6 Å². The maximum absolute atomic E-state index is 12.9. The van der Waals surface area contributed by atoms with Gasteiger partial charge in [0.15, 0.2) is 5.78 Å². The highest BCUT2D eigenvalue weighted by Gasteiger charge is 2.29. The second-order valence-electron chi connectivity index (χ2n) is 6.41. The van der Waals surface area contributed by atoms with Crippen LogP contribution in [-0.4, -0.2) is 26.3 Å². The fourth-order valence-electron chi connectivity index (χ4n) is 2.80. The Bertz CT molecular complexity index is 1320. The lowest BCUT2D eigenvalue weighted by Crippen LogP contribution is -2.68. The highest BCUT2D eigenvalue weighted by atomic mass is 35.7. The summed E-state index contributed by atoms with van der Waals surface area (Å²) in [5, 5.41) is 17.1. The molecule has 33 heavy (non-hydrogen) atoms. The summed E-state index contributed by atoms with van der Waals surface area (Å²) < 4.78 is 37.3. The molecule has 170 valence electrons. The molecule has 0 aliphatic rings. The Balaban J connectivity index is 0.000000555. The number of thiazole rings is 1. The average molecular weight is 493 g/mol. The first-order valence-corrected chi connectivity index (χ1v) is 11.0. The van der Waals surface area contributed by atoms with Gasteiger partial charge in [0.05, 0.1) is 16.2 Å². The molecule has 0 spiro atoms. The molecule has 2 heterocycles. The summed E-state index contributed by atoms with van der Waals surface area (Å²) in [6.07, 6.45) is 1.74. The second kappa shape index (κ2) is 9.50. The van der Waals surface area contributed by atoms with Gasteiger partial charge in [0, 0.05) is 28.6 Å². The van der Waals surface area contributed by atoms with Crippen molar-refractivity contribution < 1.29 is 47.8 Å². The van der Waals surface area contributed by atoms with E-state index in [2.05, 4.69) is 5.10 Å². The van der Waals surface area contributed by atoms with Gasteiger partial charge in [0.2, 0.25) is 0 Å². The van der Waals surface area contributed by atoms with Gasteiger partial charge in [-0.05, 0) is 43.3 Å². The van der Waals surface area contributed by atoms with Crippen molar-refractivity contribution in [1.29, 1.82) is 0 Å². The summed E-state index contributed by atoms with van der Waals surface area (Å²) >= 11 is 1.41. The van der Waals surface area contributed by atoms with Gasteiger partial charge in [-0.1, -0.05) is 16.0 Å². The Morgan fingerprint density at radius 1 is 1.00 bits per heavy atom. The maximum Gasteiger partial charge on any atom is 0.355 e. The van der Waals surface area contributed by atoms with Gasteiger partial charge in [-0.15, -0.1) is 10.2 Å². The molecule has 0 aliphatic heterocycles. The molecule has 14 heteroatoms. The minimum atomic E-state index is -4.94. The summed E-state index contributed by atoms with van der Waals surface area (Å²) in [5.41, 5.74) is 1.53. The maximum atomic E-state index is 12.9. The Labute approximate surface area is 191 Å². The van der Waals surface area contributed by atoms with E-state index in [1.165, 1.54) is 42.5 Å². The first-order chi connectivity index (χ1) is 15.5. The van der Waals surface area contributed by atoms with E-state index in [9.17, 15) is 19.7 Å². The predicted octanol–water partition coefficient (Wildman–Crippen LogP) is -1.74. The van der Waals surface area contributed by atoms with Gasteiger partial charge in [-0.25, -0.2) is 18.6 Å². The molecule has 0 aliphatic carbocycles. The smallest absolute Gasteiger partial charge is 0.295 e. The van der Waals surface area contributed by atoms with Crippen molar-refractivity contribution in [2.24, 2.45) is 0 Å². The Morgan fingerprint density at radius 2 is 1.55 bits per heavy atom. The molecular formula is C19H13ClN4O8S. The molecule has 0 saturated carbocycles. The number of carbonyl (C=O) groups is 2. The molecule has 0 unspecified atom stereocenters. The number of ketones is 2. The van der Waals surface area contributed by atoms with Crippen LogP contribution in [-0.2, 0) is 0 Å². The highest BCUT2D eigenvalue weighted by Crippen LogP contribution is 2.18. The Morgan fingerprint density at radius 3 is 2.06 bits per heavy atom. The molecule has 0 bridgehead atoms. The van der Waals surface area contributed by atoms with Crippen LogP contribution in [0.3, 0.4) is 0 Å². The molecule has 12 nitrogen and oxygen atoms in total. The number of hydrogen-bond acceptors (Lipinski definition) is 10. The Kier molecular flexibility index (Phi) is 6.92. The average Bonchev–Trinajstić information content (AvgIpc) is 3.35. The third-order valence-electron chi connectivity index (χ3n) is 4.26. The Hall–Kier alpha value is -3.59. The van der Waals surface area contributed by atoms with Gasteiger partial charge in [0.1, 0.15) is 5.69 Å². The number of carbonyl (C=O) groups excluding carboxylic acids is 2. The number of non-ortho nitro benzene ring substituents is 1. The molecule has 2 aromatic carbocycles. The van der Waals surface area contributed by atoms with Gasteiger partial charge in [0.25, 0.3) is 11.5 Å². The molecule has 0 fully saturated rings. The fraction of sp³-hybridized carbons (Fsp3) is 0.0526. The van der Waals surface area contributed by atoms with E-state index in [0.29, 0.717) is 16.8 Å². The van der Waals surface area contributed by atoms with Crippen LogP contribution < -0.4 is 23.0 Å². The first-order valence-electron chi connectivity index (χ1n) is 8.86. The van der Waals surface area contributed by atoms with Crippen molar-refractivity contribution in [1.82, 2.24) is 9.78 Å².